The Morgan fingerprint density at radius 1 is 1.19 bits per heavy atom. The van der Waals surface area contributed by atoms with Crippen molar-refractivity contribution in [1.82, 2.24) is 10.2 Å². The first-order valence-corrected chi connectivity index (χ1v) is 9.81. The molecule has 1 fully saturated rings. The van der Waals surface area contributed by atoms with Crippen LogP contribution in [0.3, 0.4) is 0 Å². The molecule has 4 rings (SSSR count). The number of hydrogen-bond donors (Lipinski definition) is 1. The van der Waals surface area contributed by atoms with Crippen molar-refractivity contribution >= 4 is 23.6 Å². The molecule has 27 heavy (non-hydrogen) atoms. The van der Waals surface area contributed by atoms with E-state index in [2.05, 4.69) is 5.32 Å². The molecule has 1 N–H and O–H groups in total. The molecule has 140 valence electrons. The molecule has 2 aromatic rings. The van der Waals surface area contributed by atoms with Crippen LogP contribution in [0, 0.1) is 0 Å². The maximum atomic E-state index is 13.1. The van der Waals surface area contributed by atoms with Crippen molar-refractivity contribution in [2.45, 2.75) is 36.6 Å². The summed E-state index contributed by atoms with van der Waals surface area (Å²) in [7, 11) is 1.61. The molecule has 0 radical (unpaired) electrons. The minimum absolute atomic E-state index is 0.0638. The van der Waals surface area contributed by atoms with Crippen molar-refractivity contribution in [3.63, 3.8) is 0 Å². The van der Waals surface area contributed by atoms with Gasteiger partial charge in [0.15, 0.2) is 0 Å². The highest BCUT2D eigenvalue weighted by Crippen LogP contribution is 2.56. The topological polar surface area (TPSA) is 58.6 Å². The fourth-order valence-electron chi connectivity index (χ4n) is 3.93. The van der Waals surface area contributed by atoms with E-state index >= 15 is 0 Å². The maximum Gasteiger partial charge on any atom is 0.256 e. The van der Waals surface area contributed by atoms with E-state index in [0.717, 1.165) is 16.9 Å². The number of nitrogens with zero attached hydrogens (tertiary/aromatic N) is 1. The molecule has 0 aromatic heterocycles. The second-order valence-electron chi connectivity index (χ2n) is 7.31. The van der Waals surface area contributed by atoms with Crippen LogP contribution in [0.2, 0.25) is 0 Å². The summed E-state index contributed by atoms with van der Waals surface area (Å²) in [4.78, 5) is 27.8. The first kappa shape index (κ1) is 17.9. The predicted molar refractivity (Wildman–Crippen MR) is 106 cm³/mol. The average molecular weight is 382 g/mol. The number of fused-ring (bicyclic) bond motifs is 3. The molecule has 1 saturated heterocycles. The van der Waals surface area contributed by atoms with E-state index in [1.807, 2.05) is 62.4 Å². The molecular formula is C21H22N2O3S. The normalized spacial score (nSPS) is 22.3. The first-order chi connectivity index (χ1) is 12.9. The van der Waals surface area contributed by atoms with E-state index in [0.29, 0.717) is 12.1 Å². The van der Waals surface area contributed by atoms with Crippen LogP contribution in [0.15, 0.2) is 48.5 Å². The van der Waals surface area contributed by atoms with Gasteiger partial charge >= 0.3 is 0 Å². The van der Waals surface area contributed by atoms with Crippen molar-refractivity contribution in [3.8, 4) is 5.75 Å². The van der Waals surface area contributed by atoms with Gasteiger partial charge in [0.1, 0.15) is 17.2 Å². The van der Waals surface area contributed by atoms with Crippen LogP contribution < -0.4 is 10.1 Å². The zero-order chi connectivity index (χ0) is 19.2. The number of methoxy groups -OCH3 is 1. The lowest BCUT2D eigenvalue weighted by Gasteiger charge is -2.29. The number of carbonyl (C=O) groups excluding carboxylic acids is 2. The van der Waals surface area contributed by atoms with E-state index in [-0.39, 0.29) is 21.9 Å². The summed E-state index contributed by atoms with van der Waals surface area (Å²) < 4.78 is 4.98. The third kappa shape index (κ3) is 2.88. The monoisotopic (exact) mass is 382 g/mol. The molecule has 0 aliphatic carbocycles. The minimum Gasteiger partial charge on any atom is -0.496 e. The van der Waals surface area contributed by atoms with Gasteiger partial charge in [0.2, 0.25) is 5.91 Å². The second-order valence-corrected chi connectivity index (χ2v) is 9.04. The molecule has 5 nitrogen and oxygen atoms in total. The van der Waals surface area contributed by atoms with Crippen molar-refractivity contribution in [2.75, 3.05) is 7.11 Å². The number of hydrogen-bond acceptors (Lipinski definition) is 4. The quantitative estimate of drug-likeness (QED) is 0.881. The molecule has 0 unspecified atom stereocenters. The van der Waals surface area contributed by atoms with Gasteiger partial charge in [0, 0.05) is 22.4 Å². The standard InChI is InChI=1S/C21H22N2O3S/c1-21(2)17(18(24)22-12-13-8-4-7-11-16(13)26-3)23-19(25)14-9-5-6-10-15(14)20(23)27-21/h4-11,17,20H,12H2,1-3H3,(H,22,24)/t17-,20-/m1/s1. The molecule has 0 bridgehead atoms. The number of benzene rings is 2. The van der Waals surface area contributed by atoms with Gasteiger partial charge in [-0.3, -0.25) is 9.59 Å². The Balaban J connectivity index is 1.58. The number of thioether (sulfide) groups is 1. The Kier molecular flexibility index (Phi) is 4.38. The van der Waals surface area contributed by atoms with Gasteiger partial charge in [-0.1, -0.05) is 36.4 Å². The Morgan fingerprint density at radius 2 is 1.89 bits per heavy atom. The van der Waals surface area contributed by atoms with E-state index in [4.69, 9.17) is 4.74 Å². The maximum absolute atomic E-state index is 13.1. The molecule has 2 aliphatic rings. The molecule has 2 amide bonds. The SMILES string of the molecule is COc1ccccc1CNC(=O)[C@H]1N2C(=O)c3ccccc3[C@H]2SC1(C)C. The van der Waals surface area contributed by atoms with Crippen LogP contribution >= 0.6 is 11.8 Å². The highest BCUT2D eigenvalue weighted by molar-refractivity contribution is 8.01. The van der Waals surface area contributed by atoms with E-state index < -0.39 is 6.04 Å². The van der Waals surface area contributed by atoms with Gasteiger partial charge in [0.25, 0.3) is 5.91 Å². The Morgan fingerprint density at radius 3 is 2.67 bits per heavy atom. The van der Waals surface area contributed by atoms with Crippen molar-refractivity contribution in [3.05, 3.63) is 65.2 Å². The molecule has 6 heteroatoms. The van der Waals surface area contributed by atoms with Gasteiger partial charge in [0.05, 0.1) is 7.11 Å². The van der Waals surface area contributed by atoms with Crippen LogP contribution in [-0.4, -0.2) is 34.6 Å². The molecular weight excluding hydrogens is 360 g/mol. The first-order valence-electron chi connectivity index (χ1n) is 8.93. The van der Waals surface area contributed by atoms with Crippen LogP contribution in [0.25, 0.3) is 0 Å². The van der Waals surface area contributed by atoms with Crippen molar-refractivity contribution in [1.29, 1.82) is 0 Å². The van der Waals surface area contributed by atoms with Gasteiger partial charge < -0.3 is 15.0 Å². The number of para-hydroxylation sites is 1. The number of ether oxygens (including phenoxy) is 1. The lowest BCUT2D eigenvalue weighted by Crippen LogP contribution is -2.52. The number of rotatable bonds is 4. The van der Waals surface area contributed by atoms with Crippen LogP contribution in [-0.2, 0) is 11.3 Å². The smallest absolute Gasteiger partial charge is 0.256 e. The number of carbonyl (C=O) groups is 2. The largest absolute Gasteiger partial charge is 0.496 e. The van der Waals surface area contributed by atoms with Gasteiger partial charge in [-0.05, 0) is 31.5 Å². The summed E-state index contributed by atoms with van der Waals surface area (Å²) in [6, 6.07) is 14.7. The highest BCUT2D eigenvalue weighted by Gasteiger charge is 2.57. The summed E-state index contributed by atoms with van der Waals surface area (Å²) in [6.07, 6.45) is 0. The van der Waals surface area contributed by atoms with Gasteiger partial charge in [-0.15, -0.1) is 11.8 Å². The molecule has 0 saturated carbocycles. The lowest BCUT2D eigenvalue weighted by atomic mass is 10.0. The Bertz CT molecular complexity index is 912. The fraction of sp³-hybridized carbons (Fsp3) is 0.333. The highest BCUT2D eigenvalue weighted by atomic mass is 32.2. The van der Waals surface area contributed by atoms with Gasteiger partial charge in [-0.25, -0.2) is 0 Å². The van der Waals surface area contributed by atoms with E-state index in [1.54, 1.807) is 23.8 Å². The van der Waals surface area contributed by atoms with Gasteiger partial charge in [-0.2, -0.15) is 0 Å². The summed E-state index contributed by atoms with van der Waals surface area (Å²) in [5, 5.41) is 2.90. The summed E-state index contributed by atoms with van der Waals surface area (Å²) >= 11 is 1.67. The van der Waals surface area contributed by atoms with Crippen molar-refractivity contribution < 1.29 is 14.3 Å². The van der Waals surface area contributed by atoms with Crippen LogP contribution in [0.5, 0.6) is 5.75 Å². The fourth-order valence-corrected chi connectivity index (χ4v) is 5.52. The Labute approximate surface area is 163 Å². The minimum atomic E-state index is -0.526. The summed E-state index contributed by atoms with van der Waals surface area (Å²) in [5.74, 6) is 0.536. The lowest BCUT2D eigenvalue weighted by molar-refractivity contribution is -0.126. The third-order valence-electron chi connectivity index (χ3n) is 5.19. The molecule has 2 aliphatic heterocycles. The van der Waals surface area contributed by atoms with Crippen LogP contribution in [0.4, 0.5) is 0 Å². The summed E-state index contributed by atoms with van der Waals surface area (Å²) in [6.45, 7) is 4.41. The van der Waals surface area contributed by atoms with Crippen LogP contribution in [0.1, 0.15) is 40.7 Å². The Hall–Kier alpha value is -2.47. The second kappa shape index (κ2) is 6.60. The number of amides is 2. The average Bonchev–Trinajstić information content (AvgIpc) is 3.10. The zero-order valence-electron chi connectivity index (χ0n) is 15.6. The zero-order valence-corrected chi connectivity index (χ0v) is 16.4. The number of nitrogens with one attached hydrogen (secondary N) is 1. The van der Waals surface area contributed by atoms with E-state index in [9.17, 15) is 9.59 Å². The summed E-state index contributed by atoms with van der Waals surface area (Å²) in [5.41, 5.74) is 2.61. The molecule has 2 aromatic carbocycles. The predicted octanol–water partition coefficient (Wildman–Crippen LogP) is 3.36. The van der Waals surface area contributed by atoms with E-state index in [1.165, 1.54) is 0 Å². The molecule has 2 heterocycles. The molecule has 0 spiro atoms. The van der Waals surface area contributed by atoms with Crippen molar-refractivity contribution in [2.24, 2.45) is 0 Å². The third-order valence-corrected chi connectivity index (χ3v) is 6.73. The molecule has 2 atom stereocenters.